The molecular weight excluding hydrogens is 234 g/mol. The maximum Gasteiger partial charge on any atom is 0.407 e. The van der Waals surface area contributed by atoms with Crippen LogP contribution in [0.3, 0.4) is 0 Å². The number of nitrogens with one attached hydrogen (secondary N) is 1. The Morgan fingerprint density at radius 3 is 2.44 bits per heavy atom. The molecule has 1 aromatic rings. The van der Waals surface area contributed by atoms with Crippen molar-refractivity contribution in [1.29, 1.82) is 0 Å². The average molecular weight is 251 g/mol. The fourth-order valence-electron chi connectivity index (χ4n) is 1.50. The van der Waals surface area contributed by atoms with Gasteiger partial charge in [-0.3, -0.25) is 4.79 Å². The summed E-state index contributed by atoms with van der Waals surface area (Å²) in [5.74, 6) is -0.959. The van der Waals surface area contributed by atoms with Gasteiger partial charge in [0.25, 0.3) is 0 Å². The number of amides is 1. The van der Waals surface area contributed by atoms with Crippen molar-refractivity contribution in [3.05, 3.63) is 35.9 Å². The van der Waals surface area contributed by atoms with Gasteiger partial charge in [-0.25, -0.2) is 4.79 Å². The van der Waals surface area contributed by atoms with E-state index in [0.29, 0.717) is 0 Å². The van der Waals surface area contributed by atoms with Crippen LogP contribution < -0.4 is 5.32 Å². The van der Waals surface area contributed by atoms with Crippen LogP contribution in [0.1, 0.15) is 31.9 Å². The monoisotopic (exact) mass is 251 g/mol. The third-order valence-corrected chi connectivity index (χ3v) is 2.40. The lowest BCUT2D eigenvalue weighted by Gasteiger charge is -2.16. The highest BCUT2D eigenvalue weighted by molar-refractivity contribution is 5.71. The molecule has 2 atom stereocenters. The predicted octanol–water partition coefficient (Wildman–Crippen LogP) is 2.34. The second kappa shape index (κ2) is 6.64. The number of hydrogen-bond donors (Lipinski definition) is 2. The molecule has 0 radical (unpaired) electrons. The van der Waals surface area contributed by atoms with Crippen molar-refractivity contribution in [3.63, 3.8) is 0 Å². The number of alkyl carbamates (subject to hydrolysis) is 1. The maximum absolute atomic E-state index is 11.5. The summed E-state index contributed by atoms with van der Waals surface area (Å²) in [7, 11) is 0. The van der Waals surface area contributed by atoms with E-state index >= 15 is 0 Å². The molecule has 0 aromatic heterocycles. The lowest BCUT2D eigenvalue weighted by molar-refractivity contribution is -0.137. The average Bonchev–Trinajstić information content (AvgIpc) is 2.28. The number of carboxylic acids is 1. The SMILES string of the molecule is CC(CC(=O)O)NC(=O)OC(C)c1ccccc1. The van der Waals surface area contributed by atoms with Crippen LogP contribution >= 0.6 is 0 Å². The standard InChI is InChI=1S/C13H17NO4/c1-9(8-12(15)16)14-13(17)18-10(2)11-6-4-3-5-7-11/h3-7,9-10H,8H2,1-2H3,(H,14,17)(H,15,16). The van der Waals surface area contributed by atoms with Crippen LogP contribution in [0.2, 0.25) is 0 Å². The normalized spacial score (nSPS) is 13.4. The zero-order valence-corrected chi connectivity index (χ0v) is 10.4. The molecule has 2 unspecified atom stereocenters. The van der Waals surface area contributed by atoms with Gasteiger partial charge in [-0.1, -0.05) is 30.3 Å². The van der Waals surface area contributed by atoms with Crippen molar-refractivity contribution in [1.82, 2.24) is 5.32 Å². The number of carboxylic acid groups (broad SMARTS) is 1. The summed E-state index contributed by atoms with van der Waals surface area (Å²) in [6.45, 7) is 3.37. The highest BCUT2D eigenvalue weighted by Gasteiger charge is 2.15. The summed E-state index contributed by atoms with van der Waals surface area (Å²) in [5, 5.41) is 11.0. The van der Waals surface area contributed by atoms with Gasteiger partial charge in [0.1, 0.15) is 6.10 Å². The van der Waals surface area contributed by atoms with Gasteiger partial charge >= 0.3 is 12.1 Å². The van der Waals surface area contributed by atoms with E-state index < -0.39 is 18.1 Å². The van der Waals surface area contributed by atoms with Crippen molar-refractivity contribution < 1.29 is 19.4 Å². The van der Waals surface area contributed by atoms with Crippen LogP contribution in [0.4, 0.5) is 4.79 Å². The van der Waals surface area contributed by atoms with Gasteiger partial charge in [0.15, 0.2) is 0 Å². The molecule has 0 saturated carbocycles. The molecule has 0 aliphatic carbocycles. The van der Waals surface area contributed by atoms with Crippen LogP contribution in [-0.4, -0.2) is 23.2 Å². The van der Waals surface area contributed by atoms with Crippen molar-refractivity contribution in [3.8, 4) is 0 Å². The van der Waals surface area contributed by atoms with Crippen LogP contribution in [-0.2, 0) is 9.53 Å². The zero-order valence-electron chi connectivity index (χ0n) is 10.4. The van der Waals surface area contributed by atoms with Crippen molar-refractivity contribution in [2.45, 2.75) is 32.4 Å². The Morgan fingerprint density at radius 1 is 1.28 bits per heavy atom. The molecule has 0 fully saturated rings. The van der Waals surface area contributed by atoms with E-state index in [1.54, 1.807) is 13.8 Å². The van der Waals surface area contributed by atoms with E-state index in [0.717, 1.165) is 5.56 Å². The van der Waals surface area contributed by atoms with Crippen LogP contribution in [0.5, 0.6) is 0 Å². The van der Waals surface area contributed by atoms with Crippen LogP contribution in [0.25, 0.3) is 0 Å². The molecule has 0 heterocycles. The molecule has 1 rings (SSSR count). The molecule has 0 spiro atoms. The van der Waals surface area contributed by atoms with Crippen LogP contribution in [0.15, 0.2) is 30.3 Å². The van der Waals surface area contributed by atoms with E-state index in [2.05, 4.69) is 5.32 Å². The van der Waals surface area contributed by atoms with Crippen molar-refractivity contribution in [2.24, 2.45) is 0 Å². The summed E-state index contributed by atoms with van der Waals surface area (Å²) < 4.78 is 5.15. The van der Waals surface area contributed by atoms with Gasteiger partial charge in [-0.05, 0) is 19.4 Å². The molecule has 98 valence electrons. The Hall–Kier alpha value is -2.04. The van der Waals surface area contributed by atoms with E-state index in [1.165, 1.54) is 0 Å². The molecule has 2 N–H and O–H groups in total. The first-order chi connectivity index (χ1) is 8.49. The van der Waals surface area contributed by atoms with Crippen LogP contribution in [0, 0.1) is 0 Å². The van der Waals surface area contributed by atoms with Crippen molar-refractivity contribution in [2.75, 3.05) is 0 Å². The quantitative estimate of drug-likeness (QED) is 0.842. The number of ether oxygens (including phenoxy) is 1. The molecule has 1 amide bonds. The first-order valence-corrected chi connectivity index (χ1v) is 5.73. The first-order valence-electron chi connectivity index (χ1n) is 5.73. The van der Waals surface area contributed by atoms with Gasteiger partial charge in [0.05, 0.1) is 6.42 Å². The minimum Gasteiger partial charge on any atom is -0.481 e. The van der Waals surface area contributed by atoms with Gasteiger partial charge in [-0.15, -0.1) is 0 Å². The fourth-order valence-corrected chi connectivity index (χ4v) is 1.50. The highest BCUT2D eigenvalue weighted by Crippen LogP contribution is 2.15. The van der Waals surface area contributed by atoms with E-state index in [4.69, 9.17) is 9.84 Å². The summed E-state index contributed by atoms with van der Waals surface area (Å²) in [6.07, 6.45) is -1.11. The number of benzene rings is 1. The number of rotatable bonds is 5. The smallest absolute Gasteiger partial charge is 0.407 e. The Labute approximate surface area is 106 Å². The molecule has 5 nitrogen and oxygen atoms in total. The first kappa shape index (κ1) is 14.0. The maximum atomic E-state index is 11.5. The number of hydrogen-bond acceptors (Lipinski definition) is 3. The lowest BCUT2D eigenvalue weighted by Crippen LogP contribution is -2.35. The minimum atomic E-state index is -0.959. The third kappa shape index (κ3) is 4.86. The number of carbonyl (C=O) groups is 2. The van der Waals surface area contributed by atoms with Gasteiger partial charge in [-0.2, -0.15) is 0 Å². The summed E-state index contributed by atoms with van der Waals surface area (Å²) >= 11 is 0. The largest absolute Gasteiger partial charge is 0.481 e. The molecule has 18 heavy (non-hydrogen) atoms. The highest BCUT2D eigenvalue weighted by atomic mass is 16.6. The molecule has 0 aliphatic heterocycles. The molecule has 5 heteroatoms. The Bertz CT molecular complexity index is 405. The van der Waals surface area contributed by atoms with Gasteiger partial charge in [0, 0.05) is 6.04 Å². The second-order valence-corrected chi connectivity index (χ2v) is 4.10. The summed E-state index contributed by atoms with van der Waals surface area (Å²) in [5.41, 5.74) is 0.888. The van der Waals surface area contributed by atoms with E-state index in [1.807, 2.05) is 30.3 Å². The molecular formula is C13H17NO4. The second-order valence-electron chi connectivity index (χ2n) is 4.10. The lowest BCUT2D eigenvalue weighted by atomic mass is 10.1. The Morgan fingerprint density at radius 2 is 1.89 bits per heavy atom. The molecule has 1 aromatic carbocycles. The number of aliphatic carboxylic acids is 1. The third-order valence-electron chi connectivity index (χ3n) is 2.40. The Kier molecular flexibility index (Phi) is 5.17. The fraction of sp³-hybridized carbons (Fsp3) is 0.385. The van der Waals surface area contributed by atoms with Gasteiger partial charge in [0.2, 0.25) is 0 Å². The van der Waals surface area contributed by atoms with E-state index in [9.17, 15) is 9.59 Å². The summed E-state index contributed by atoms with van der Waals surface area (Å²) in [6, 6.07) is 8.86. The van der Waals surface area contributed by atoms with Crippen molar-refractivity contribution >= 4 is 12.1 Å². The minimum absolute atomic E-state index is 0.130. The molecule has 0 bridgehead atoms. The molecule has 0 aliphatic rings. The topological polar surface area (TPSA) is 75.6 Å². The number of carbonyl (C=O) groups excluding carboxylic acids is 1. The Balaban J connectivity index is 2.43. The van der Waals surface area contributed by atoms with Gasteiger partial charge < -0.3 is 15.2 Å². The summed E-state index contributed by atoms with van der Waals surface area (Å²) in [4.78, 5) is 21.9. The predicted molar refractivity (Wildman–Crippen MR) is 66.2 cm³/mol. The molecule has 0 saturated heterocycles. The zero-order chi connectivity index (χ0) is 13.5. The van der Waals surface area contributed by atoms with E-state index in [-0.39, 0.29) is 12.5 Å².